The maximum absolute atomic E-state index is 12.8. The van der Waals surface area contributed by atoms with Gasteiger partial charge in [-0.05, 0) is 40.5 Å². The Hall–Kier alpha value is -1.40. The summed E-state index contributed by atoms with van der Waals surface area (Å²) in [7, 11) is 0. The zero-order chi connectivity index (χ0) is 18.6. The highest BCUT2D eigenvalue weighted by Gasteiger charge is 2.83. The van der Waals surface area contributed by atoms with Crippen molar-refractivity contribution in [1.29, 1.82) is 0 Å². The second-order valence-electron chi connectivity index (χ2n) is 9.21. The first-order valence-electron chi connectivity index (χ1n) is 9.57. The summed E-state index contributed by atoms with van der Waals surface area (Å²) >= 11 is 0. The van der Waals surface area contributed by atoms with Gasteiger partial charge in [0.15, 0.2) is 0 Å². The van der Waals surface area contributed by atoms with Crippen LogP contribution in [0.5, 0.6) is 0 Å². The molecule has 0 bridgehead atoms. The van der Waals surface area contributed by atoms with E-state index in [4.69, 9.17) is 18.9 Å². The molecule has 2 aliphatic carbocycles. The highest BCUT2D eigenvalue weighted by atomic mass is 16.7. The Bertz CT molecular complexity index is 745. The fourth-order valence-corrected chi connectivity index (χ4v) is 6.10. The summed E-state index contributed by atoms with van der Waals surface area (Å²) in [6.07, 6.45) is 3.56. The van der Waals surface area contributed by atoms with Gasteiger partial charge in [0.1, 0.15) is 23.9 Å². The van der Waals surface area contributed by atoms with E-state index in [2.05, 4.69) is 13.8 Å². The van der Waals surface area contributed by atoms with E-state index in [0.29, 0.717) is 5.57 Å². The number of allylic oxidation sites excluding steroid dienone is 1. The van der Waals surface area contributed by atoms with Crippen LogP contribution in [0.2, 0.25) is 0 Å². The summed E-state index contributed by atoms with van der Waals surface area (Å²) in [4.78, 5) is 25.2. The van der Waals surface area contributed by atoms with E-state index in [9.17, 15) is 9.59 Å². The van der Waals surface area contributed by atoms with E-state index < -0.39 is 17.5 Å². The van der Waals surface area contributed by atoms with Crippen LogP contribution < -0.4 is 0 Å². The molecular weight excluding hydrogens is 336 g/mol. The molecule has 0 aromatic rings. The molecule has 5 rings (SSSR count). The molecular formula is C20H26O6. The van der Waals surface area contributed by atoms with Crippen molar-refractivity contribution in [3.8, 4) is 0 Å². The Morgan fingerprint density at radius 2 is 1.96 bits per heavy atom. The normalized spacial score (nSPS) is 56.5. The van der Waals surface area contributed by atoms with Gasteiger partial charge in [0.2, 0.25) is 5.60 Å². The second kappa shape index (κ2) is 4.71. The van der Waals surface area contributed by atoms with Gasteiger partial charge in [0.25, 0.3) is 0 Å². The molecule has 0 amide bonds. The zero-order valence-corrected chi connectivity index (χ0v) is 15.9. The minimum Gasteiger partial charge on any atom is -0.459 e. The molecule has 142 valence electrons. The van der Waals surface area contributed by atoms with Crippen LogP contribution in [0.1, 0.15) is 47.5 Å². The SMILES string of the molecule is C/C=C(\C)C(=O)OC1(C)C(=O)OC2C1CCC1(C)C3OC3C3OC3(C)C21. The Kier molecular flexibility index (Phi) is 3.03. The minimum atomic E-state index is -1.24. The lowest BCUT2D eigenvalue weighted by atomic mass is 9.52. The van der Waals surface area contributed by atoms with Crippen molar-refractivity contribution in [2.75, 3.05) is 0 Å². The molecule has 9 unspecified atom stereocenters. The van der Waals surface area contributed by atoms with Crippen molar-refractivity contribution in [3.05, 3.63) is 11.6 Å². The van der Waals surface area contributed by atoms with Gasteiger partial charge in [-0.2, -0.15) is 0 Å². The summed E-state index contributed by atoms with van der Waals surface area (Å²) in [6.45, 7) is 9.52. The van der Waals surface area contributed by atoms with Crippen molar-refractivity contribution in [3.63, 3.8) is 0 Å². The van der Waals surface area contributed by atoms with E-state index in [-0.39, 0.29) is 47.3 Å². The molecule has 0 radical (unpaired) electrons. The molecule has 6 heteroatoms. The van der Waals surface area contributed by atoms with E-state index in [1.165, 1.54) is 0 Å². The lowest BCUT2D eigenvalue weighted by molar-refractivity contribution is -0.170. The topological polar surface area (TPSA) is 77.7 Å². The predicted molar refractivity (Wildman–Crippen MR) is 90.1 cm³/mol. The molecule has 0 N–H and O–H groups in total. The van der Waals surface area contributed by atoms with Gasteiger partial charge in [-0.1, -0.05) is 13.0 Å². The molecule has 3 heterocycles. The largest absolute Gasteiger partial charge is 0.459 e. The van der Waals surface area contributed by atoms with Crippen molar-refractivity contribution < 1.29 is 28.5 Å². The molecule has 3 aliphatic heterocycles. The van der Waals surface area contributed by atoms with Crippen molar-refractivity contribution in [2.45, 2.75) is 83.1 Å². The predicted octanol–water partition coefficient (Wildman–Crippen LogP) is 2.15. The number of carbonyl (C=O) groups is 2. The van der Waals surface area contributed by atoms with Crippen LogP contribution >= 0.6 is 0 Å². The maximum atomic E-state index is 12.8. The molecule has 0 spiro atoms. The minimum absolute atomic E-state index is 0.0646. The zero-order valence-electron chi connectivity index (χ0n) is 15.9. The quantitative estimate of drug-likeness (QED) is 0.426. The van der Waals surface area contributed by atoms with Crippen LogP contribution in [0.25, 0.3) is 0 Å². The van der Waals surface area contributed by atoms with Gasteiger partial charge in [-0.3, -0.25) is 0 Å². The molecule has 0 aromatic carbocycles. The van der Waals surface area contributed by atoms with Crippen LogP contribution in [0.15, 0.2) is 11.6 Å². The Morgan fingerprint density at radius 1 is 1.23 bits per heavy atom. The molecule has 2 saturated carbocycles. The third-order valence-electron chi connectivity index (χ3n) is 7.83. The number of hydrogen-bond donors (Lipinski definition) is 0. The fourth-order valence-electron chi connectivity index (χ4n) is 6.10. The maximum Gasteiger partial charge on any atom is 0.351 e. The number of esters is 2. The summed E-state index contributed by atoms with van der Waals surface area (Å²) in [5.74, 6) is -0.982. The van der Waals surface area contributed by atoms with Crippen molar-refractivity contribution in [1.82, 2.24) is 0 Å². The smallest absolute Gasteiger partial charge is 0.351 e. The number of hydrogen-bond acceptors (Lipinski definition) is 6. The molecule has 9 atom stereocenters. The lowest BCUT2D eigenvalue weighted by Crippen LogP contribution is -2.58. The molecule has 3 saturated heterocycles. The number of rotatable bonds is 2. The third-order valence-corrected chi connectivity index (χ3v) is 7.83. The molecule has 5 aliphatic rings. The average Bonchev–Trinajstić information content (AvgIpc) is 3.46. The van der Waals surface area contributed by atoms with Crippen LogP contribution in [0, 0.1) is 17.3 Å². The Morgan fingerprint density at radius 3 is 2.65 bits per heavy atom. The summed E-state index contributed by atoms with van der Waals surface area (Å²) in [5.41, 5.74) is -1.13. The first kappa shape index (κ1) is 16.8. The van der Waals surface area contributed by atoms with Gasteiger partial charge >= 0.3 is 11.9 Å². The first-order valence-corrected chi connectivity index (χ1v) is 9.57. The van der Waals surface area contributed by atoms with Gasteiger partial charge in [0.05, 0.1) is 6.10 Å². The average molecular weight is 362 g/mol. The highest BCUT2D eigenvalue weighted by molar-refractivity contribution is 5.92. The summed E-state index contributed by atoms with van der Waals surface area (Å²) in [6, 6.07) is 0. The van der Waals surface area contributed by atoms with E-state index in [1.807, 2.05) is 0 Å². The monoisotopic (exact) mass is 362 g/mol. The van der Waals surface area contributed by atoms with Gasteiger partial charge in [0, 0.05) is 22.8 Å². The molecule has 26 heavy (non-hydrogen) atoms. The first-order chi connectivity index (χ1) is 12.2. The fraction of sp³-hybridized carbons (Fsp3) is 0.800. The van der Waals surface area contributed by atoms with E-state index >= 15 is 0 Å². The van der Waals surface area contributed by atoms with Crippen LogP contribution in [0.4, 0.5) is 0 Å². The van der Waals surface area contributed by atoms with E-state index in [1.54, 1.807) is 26.8 Å². The molecule has 6 nitrogen and oxygen atoms in total. The van der Waals surface area contributed by atoms with Crippen molar-refractivity contribution in [2.24, 2.45) is 17.3 Å². The van der Waals surface area contributed by atoms with E-state index in [0.717, 1.165) is 12.8 Å². The van der Waals surface area contributed by atoms with Crippen LogP contribution in [-0.2, 0) is 28.5 Å². The number of fused-ring (bicyclic) bond motifs is 8. The van der Waals surface area contributed by atoms with Gasteiger partial charge < -0.3 is 18.9 Å². The van der Waals surface area contributed by atoms with Gasteiger partial charge in [-0.15, -0.1) is 0 Å². The number of carbonyl (C=O) groups excluding carboxylic acids is 2. The number of ether oxygens (including phenoxy) is 4. The number of epoxide rings is 2. The highest BCUT2D eigenvalue weighted by Crippen LogP contribution is 2.71. The van der Waals surface area contributed by atoms with Crippen LogP contribution in [0.3, 0.4) is 0 Å². The third kappa shape index (κ3) is 1.80. The summed E-state index contributed by atoms with van der Waals surface area (Å²) < 4.78 is 23.6. The summed E-state index contributed by atoms with van der Waals surface area (Å²) in [5, 5.41) is 0. The molecule has 0 aromatic heterocycles. The Labute approximate surface area is 153 Å². The Balaban J connectivity index is 1.48. The lowest BCUT2D eigenvalue weighted by Gasteiger charge is -2.50. The van der Waals surface area contributed by atoms with Crippen molar-refractivity contribution >= 4 is 11.9 Å². The molecule has 5 fully saturated rings. The second-order valence-corrected chi connectivity index (χ2v) is 9.21. The van der Waals surface area contributed by atoms with Gasteiger partial charge in [-0.25, -0.2) is 9.59 Å². The standard InChI is InChI=1S/C20H26O6/c1-6-9(2)16(21)26-19(4)10-7-8-18(3)13(11(10)24-17(19)22)20(5)15(25-20)12-14(18)23-12/h6,10-15H,7-8H2,1-5H3/b9-6+. The van der Waals surface area contributed by atoms with Crippen LogP contribution in [-0.4, -0.2) is 47.6 Å².